The van der Waals surface area contributed by atoms with Crippen molar-refractivity contribution in [3.8, 4) is 0 Å². The predicted octanol–water partition coefficient (Wildman–Crippen LogP) is 5.18. The van der Waals surface area contributed by atoms with Crippen molar-refractivity contribution in [2.24, 2.45) is 11.8 Å². The third-order valence-electron chi connectivity index (χ3n) is 7.91. The normalized spacial score (nSPS) is 20.3. The van der Waals surface area contributed by atoms with Crippen LogP contribution in [0.15, 0.2) is 48.5 Å². The van der Waals surface area contributed by atoms with Crippen LogP contribution in [-0.2, 0) is 33.3 Å². The molecule has 41 heavy (non-hydrogen) atoms. The van der Waals surface area contributed by atoms with E-state index in [9.17, 15) is 40.7 Å². The molecule has 2 aliphatic rings. The van der Waals surface area contributed by atoms with Gasteiger partial charge in [0, 0.05) is 58.5 Å². The number of nitrogens with zero attached hydrogens (tertiary/aromatic N) is 3. The molecule has 2 atom stereocenters. The summed E-state index contributed by atoms with van der Waals surface area (Å²) in [4.78, 5) is 43.2. The molecule has 0 radical (unpaired) electrons. The van der Waals surface area contributed by atoms with Crippen molar-refractivity contribution in [1.82, 2.24) is 14.7 Å². The maximum Gasteiger partial charge on any atom is 0.416 e. The Kier molecular flexibility index (Phi) is 8.70. The smallest absolute Gasteiger partial charge is 0.343 e. The molecule has 0 saturated carbocycles. The molecule has 3 amide bonds. The number of amides is 3. The van der Waals surface area contributed by atoms with Crippen LogP contribution in [0.2, 0.25) is 0 Å². The lowest BCUT2D eigenvalue weighted by Crippen LogP contribution is -2.43. The second-order valence-corrected chi connectivity index (χ2v) is 10.8. The SMILES string of the molecule is CC(=O)N1CCC(C(=O)N2C[C@@H](C(=O)N(C)Cc3cc(C(F)(F)F)cc(C(F)(F)F)c3)[C@H](c3ccccc3)C2)CC1. The van der Waals surface area contributed by atoms with Gasteiger partial charge in [-0.1, -0.05) is 30.3 Å². The number of likely N-dealkylation sites (tertiary alicyclic amines) is 2. The first-order valence-corrected chi connectivity index (χ1v) is 13.3. The molecule has 2 saturated heterocycles. The molecule has 0 aliphatic carbocycles. The van der Waals surface area contributed by atoms with Gasteiger partial charge in [-0.3, -0.25) is 14.4 Å². The van der Waals surface area contributed by atoms with E-state index in [2.05, 4.69) is 0 Å². The molecule has 2 aromatic carbocycles. The Hall–Kier alpha value is -3.57. The van der Waals surface area contributed by atoms with Crippen molar-refractivity contribution in [3.05, 3.63) is 70.8 Å². The van der Waals surface area contributed by atoms with Crippen molar-refractivity contribution in [1.29, 1.82) is 0 Å². The molecule has 0 bridgehead atoms. The number of rotatable bonds is 5. The van der Waals surface area contributed by atoms with Gasteiger partial charge in [-0.2, -0.15) is 26.3 Å². The summed E-state index contributed by atoms with van der Waals surface area (Å²) >= 11 is 0. The zero-order valence-corrected chi connectivity index (χ0v) is 22.6. The van der Waals surface area contributed by atoms with Crippen LogP contribution in [-0.4, -0.2) is 65.6 Å². The Morgan fingerprint density at radius 3 is 1.93 bits per heavy atom. The van der Waals surface area contributed by atoms with E-state index in [4.69, 9.17) is 0 Å². The number of carbonyl (C=O) groups is 3. The first kappa shape index (κ1) is 30.4. The molecule has 12 heteroatoms. The summed E-state index contributed by atoms with van der Waals surface area (Å²) in [6.07, 6.45) is -8.99. The number of alkyl halides is 6. The molecule has 0 unspecified atom stereocenters. The highest BCUT2D eigenvalue weighted by atomic mass is 19.4. The van der Waals surface area contributed by atoms with Crippen LogP contribution in [0, 0.1) is 11.8 Å². The van der Waals surface area contributed by atoms with Crippen LogP contribution in [0.1, 0.15) is 47.9 Å². The minimum Gasteiger partial charge on any atom is -0.343 e. The van der Waals surface area contributed by atoms with Crippen molar-refractivity contribution >= 4 is 17.7 Å². The fraction of sp³-hybridized carbons (Fsp3) is 0.483. The molecule has 0 N–H and O–H groups in total. The highest BCUT2D eigenvalue weighted by Crippen LogP contribution is 2.38. The van der Waals surface area contributed by atoms with Crippen molar-refractivity contribution in [2.45, 2.75) is 44.6 Å². The van der Waals surface area contributed by atoms with E-state index in [1.165, 1.54) is 14.0 Å². The highest BCUT2D eigenvalue weighted by Gasteiger charge is 2.43. The molecule has 6 nitrogen and oxygen atoms in total. The number of benzene rings is 2. The lowest BCUT2D eigenvalue weighted by molar-refractivity contribution is -0.143. The van der Waals surface area contributed by atoms with Gasteiger partial charge in [0.1, 0.15) is 0 Å². The van der Waals surface area contributed by atoms with E-state index in [0.717, 1.165) is 10.5 Å². The van der Waals surface area contributed by atoms with E-state index in [1.807, 2.05) is 12.1 Å². The van der Waals surface area contributed by atoms with Gasteiger partial charge in [0.05, 0.1) is 17.0 Å². The predicted molar refractivity (Wildman–Crippen MR) is 137 cm³/mol. The number of hydrogen-bond donors (Lipinski definition) is 0. The summed E-state index contributed by atoms with van der Waals surface area (Å²) in [6, 6.07) is 10.3. The molecular weight excluding hydrogens is 552 g/mol. The Morgan fingerprint density at radius 2 is 1.41 bits per heavy atom. The Labute approximate surface area is 233 Å². The lowest BCUT2D eigenvalue weighted by atomic mass is 9.88. The van der Waals surface area contributed by atoms with Gasteiger partial charge in [-0.15, -0.1) is 0 Å². The molecule has 0 aromatic heterocycles. The summed E-state index contributed by atoms with van der Waals surface area (Å²) < 4.78 is 80.1. The van der Waals surface area contributed by atoms with Gasteiger partial charge < -0.3 is 14.7 Å². The fourth-order valence-corrected chi connectivity index (χ4v) is 5.72. The summed E-state index contributed by atoms with van der Waals surface area (Å²) in [5.74, 6) is -2.11. The minimum absolute atomic E-state index is 0.0537. The highest BCUT2D eigenvalue weighted by molar-refractivity contribution is 5.84. The Morgan fingerprint density at radius 1 is 0.854 bits per heavy atom. The number of carbonyl (C=O) groups excluding carboxylic acids is 3. The van der Waals surface area contributed by atoms with E-state index < -0.39 is 47.8 Å². The Balaban J connectivity index is 1.55. The average molecular weight is 584 g/mol. The van der Waals surface area contributed by atoms with Gasteiger partial charge in [-0.05, 0) is 42.2 Å². The number of halogens is 6. The maximum atomic E-state index is 13.7. The van der Waals surface area contributed by atoms with Crippen molar-refractivity contribution in [3.63, 3.8) is 0 Å². The topological polar surface area (TPSA) is 60.9 Å². The van der Waals surface area contributed by atoms with E-state index >= 15 is 0 Å². The van der Waals surface area contributed by atoms with Crippen LogP contribution < -0.4 is 0 Å². The summed E-state index contributed by atoms with van der Waals surface area (Å²) in [5, 5.41) is 0. The third kappa shape index (κ3) is 7.02. The molecule has 2 aliphatic heterocycles. The summed E-state index contributed by atoms with van der Waals surface area (Å²) in [5.41, 5.74) is -2.39. The monoisotopic (exact) mass is 583 g/mol. The summed E-state index contributed by atoms with van der Waals surface area (Å²) in [7, 11) is 1.33. The second-order valence-electron chi connectivity index (χ2n) is 10.8. The van der Waals surface area contributed by atoms with Gasteiger partial charge in [0.2, 0.25) is 17.7 Å². The number of piperidine rings is 1. The van der Waals surface area contributed by atoms with Crippen molar-refractivity contribution < 1.29 is 40.7 Å². The van der Waals surface area contributed by atoms with E-state index in [1.54, 1.807) is 28.0 Å². The maximum absolute atomic E-state index is 13.7. The Bertz CT molecular complexity index is 1240. The minimum atomic E-state index is -5.00. The van der Waals surface area contributed by atoms with Crippen LogP contribution in [0.4, 0.5) is 26.3 Å². The molecule has 2 aromatic rings. The molecular formula is C29H31F6N3O3. The average Bonchev–Trinajstić information content (AvgIpc) is 3.37. The van der Waals surface area contributed by atoms with E-state index in [-0.39, 0.29) is 42.5 Å². The largest absolute Gasteiger partial charge is 0.416 e. The van der Waals surface area contributed by atoms with Crippen LogP contribution in [0.5, 0.6) is 0 Å². The zero-order valence-electron chi connectivity index (χ0n) is 22.6. The van der Waals surface area contributed by atoms with Crippen LogP contribution in [0.25, 0.3) is 0 Å². The summed E-state index contributed by atoms with van der Waals surface area (Å²) in [6.45, 7) is 2.25. The second kappa shape index (κ2) is 11.7. The number of hydrogen-bond acceptors (Lipinski definition) is 3. The first-order chi connectivity index (χ1) is 19.1. The standard InChI is InChI=1S/C29H31F6N3O3/c1-18(39)37-10-8-21(9-11-37)26(40)38-16-24(20-6-4-3-5-7-20)25(17-38)27(41)36(2)15-19-12-22(28(30,31)32)14-23(13-19)29(33,34)35/h3-7,12-14,21,24-25H,8-11,15-17H2,1-2H3/t24-,25+/m0/s1. The molecule has 2 heterocycles. The van der Waals surface area contributed by atoms with Gasteiger partial charge in [0.15, 0.2) is 0 Å². The van der Waals surface area contributed by atoms with Crippen LogP contribution >= 0.6 is 0 Å². The molecule has 0 spiro atoms. The van der Waals surface area contributed by atoms with Crippen molar-refractivity contribution in [2.75, 3.05) is 33.2 Å². The fourth-order valence-electron chi connectivity index (χ4n) is 5.72. The first-order valence-electron chi connectivity index (χ1n) is 13.3. The third-order valence-corrected chi connectivity index (χ3v) is 7.91. The van der Waals surface area contributed by atoms with Gasteiger partial charge in [-0.25, -0.2) is 0 Å². The zero-order chi connectivity index (χ0) is 30.1. The van der Waals surface area contributed by atoms with Gasteiger partial charge in [0.25, 0.3) is 0 Å². The quantitative estimate of drug-likeness (QED) is 0.456. The molecule has 222 valence electrons. The molecule has 4 rings (SSSR count). The van der Waals surface area contributed by atoms with Crippen LogP contribution in [0.3, 0.4) is 0 Å². The van der Waals surface area contributed by atoms with Gasteiger partial charge >= 0.3 is 12.4 Å². The van der Waals surface area contributed by atoms with E-state index in [0.29, 0.717) is 38.1 Å². The lowest BCUT2D eigenvalue weighted by Gasteiger charge is -2.32. The molecule has 2 fully saturated rings.